The predicted molar refractivity (Wildman–Crippen MR) is 78.2 cm³/mol. The Morgan fingerprint density at radius 3 is 2.82 bits per heavy atom. The maximum Gasteiger partial charge on any atom is 0.241 e. The molecule has 2 amide bonds. The number of benzene rings is 1. The lowest BCUT2D eigenvalue weighted by Crippen LogP contribution is -2.38. The van der Waals surface area contributed by atoms with Crippen LogP contribution in [0.5, 0.6) is 0 Å². The number of imide groups is 1. The first-order chi connectivity index (χ1) is 10.5. The van der Waals surface area contributed by atoms with Crippen molar-refractivity contribution >= 4 is 29.1 Å². The number of anilines is 1. The zero-order valence-corrected chi connectivity index (χ0v) is 12.5. The van der Waals surface area contributed by atoms with Crippen molar-refractivity contribution in [3.05, 3.63) is 40.9 Å². The van der Waals surface area contributed by atoms with E-state index in [0.29, 0.717) is 5.56 Å². The summed E-state index contributed by atoms with van der Waals surface area (Å²) in [6.07, 6.45) is 3.29. The maximum atomic E-state index is 12.9. The largest absolute Gasteiger partial charge is 0.362 e. The van der Waals surface area contributed by atoms with Crippen LogP contribution in [-0.2, 0) is 21.0 Å². The van der Waals surface area contributed by atoms with Gasteiger partial charge in [-0.25, -0.2) is 9.29 Å². The summed E-state index contributed by atoms with van der Waals surface area (Å²) < 4.78 is 18.6. The van der Waals surface area contributed by atoms with E-state index in [4.69, 9.17) is 16.3 Å². The Bertz CT molecular complexity index is 734. The molecule has 114 valence electrons. The summed E-state index contributed by atoms with van der Waals surface area (Å²) in [5.41, 5.74) is -0.120. The first kappa shape index (κ1) is 13.9. The van der Waals surface area contributed by atoms with Crippen LogP contribution in [0.4, 0.5) is 10.1 Å². The van der Waals surface area contributed by atoms with E-state index in [-0.39, 0.29) is 28.6 Å². The number of alkyl halides is 1. The molecule has 0 radical (unpaired) electrons. The molecule has 1 aromatic carbocycles. The van der Waals surface area contributed by atoms with Crippen LogP contribution in [0, 0.1) is 11.8 Å². The van der Waals surface area contributed by atoms with Crippen molar-refractivity contribution in [1.29, 1.82) is 0 Å². The molecule has 0 N–H and O–H groups in total. The third-order valence-electron chi connectivity index (χ3n) is 4.74. The molecule has 2 saturated heterocycles. The van der Waals surface area contributed by atoms with Crippen LogP contribution in [-0.4, -0.2) is 23.5 Å². The fourth-order valence-electron chi connectivity index (χ4n) is 3.70. The fourth-order valence-corrected chi connectivity index (χ4v) is 3.90. The predicted octanol–water partition coefficient (Wildman–Crippen LogP) is 2.64. The molecule has 0 spiro atoms. The topological polar surface area (TPSA) is 46.6 Å². The van der Waals surface area contributed by atoms with Gasteiger partial charge in [0.05, 0.1) is 34.3 Å². The summed E-state index contributed by atoms with van der Waals surface area (Å²) in [4.78, 5) is 26.6. The summed E-state index contributed by atoms with van der Waals surface area (Å²) in [7, 11) is 0. The SMILES string of the molecule is CC12C=CC(O1)C1C(=O)N(c3cc(CF)ccc3Cl)C(=O)C12. The molecule has 3 aliphatic rings. The van der Waals surface area contributed by atoms with Crippen molar-refractivity contribution in [3.8, 4) is 0 Å². The van der Waals surface area contributed by atoms with Crippen LogP contribution < -0.4 is 4.90 Å². The molecule has 2 bridgehead atoms. The van der Waals surface area contributed by atoms with Crippen molar-refractivity contribution in [2.24, 2.45) is 11.8 Å². The zero-order valence-electron chi connectivity index (χ0n) is 11.8. The van der Waals surface area contributed by atoms with Crippen LogP contribution in [0.1, 0.15) is 12.5 Å². The second-order valence-electron chi connectivity index (χ2n) is 6.06. The number of fused-ring (bicyclic) bond motifs is 5. The molecular weight excluding hydrogens is 309 g/mol. The lowest BCUT2D eigenvalue weighted by Gasteiger charge is -2.24. The highest BCUT2D eigenvalue weighted by molar-refractivity contribution is 6.36. The van der Waals surface area contributed by atoms with E-state index < -0.39 is 24.1 Å². The molecule has 1 aromatic rings. The highest BCUT2D eigenvalue weighted by atomic mass is 35.5. The Labute approximate surface area is 131 Å². The molecule has 22 heavy (non-hydrogen) atoms. The van der Waals surface area contributed by atoms with Crippen LogP contribution in [0.2, 0.25) is 5.02 Å². The Hall–Kier alpha value is -1.72. The second kappa shape index (κ2) is 4.40. The van der Waals surface area contributed by atoms with Gasteiger partial charge in [0.15, 0.2) is 0 Å². The third-order valence-corrected chi connectivity index (χ3v) is 5.05. The molecule has 4 unspecified atom stereocenters. The van der Waals surface area contributed by atoms with Gasteiger partial charge in [-0.15, -0.1) is 0 Å². The van der Waals surface area contributed by atoms with Crippen LogP contribution in [0.25, 0.3) is 0 Å². The number of rotatable bonds is 2. The zero-order chi connectivity index (χ0) is 15.6. The standard InChI is InChI=1S/C16H13ClFNO3/c1-16-5-4-11(22-16)12-13(16)15(21)19(14(12)20)10-6-8(7-18)2-3-9(10)17/h2-6,11-13H,7H2,1H3. The van der Waals surface area contributed by atoms with Gasteiger partial charge < -0.3 is 4.74 Å². The molecule has 2 fully saturated rings. The Morgan fingerprint density at radius 1 is 1.36 bits per heavy atom. The van der Waals surface area contributed by atoms with E-state index in [1.54, 1.807) is 0 Å². The molecule has 4 atom stereocenters. The van der Waals surface area contributed by atoms with Gasteiger partial charge >= 0.3 is 0 Å². The second-order valence-corrected chi connectivity index (χ2v) is 6.47. The monoisotopic (exact) mass is 321 g/mol. The van der Waals surface area contributed by atoms with Crippen LogP contribution in [0.15, 0.2) is 30.4 Å². The minimum absolute atomic E-state index is 0.254. The van der Waals surface area contributed by atoms with Crippen molar-refractivity contribution in [3.63, 3.8) is 0 Å². The summed E-state index contributed by atoms with van der Waals surface area (Å²) in [5.74, 6) is -1.72. The molecule has 3 aliphatic heterocycles. The highest BCUT2D eigenvalue weighted by Crippen LogP contribution is 2.52. The summed E-state index contributed by atoms with van der Waals surface area (Å²) in [6.45, 7) is 1.13. The van der Waals surface area contributed by atoms with Gasteiger partial charge in [-0.05, 0) is 24.6 Å². The van der Waals surface area contributed by atoms with E-state index in [0.717, 1.165) is 4.90 Å². The number of carbonyl (C=O) groups excluding carboxylic acids is 2. The van der Waals surface area contributed by atoms with Crippen molar-refractivity contribution in [2.75, 3.05) is 4.90 Å². The van der Waals surface area contributed by atoms with Gasteiger partial charge in [-0.3, -0.25) is 9.59 Å². The first-order valence-corrected chi connectivity index (χ1v) is 7.43. The molecule has 4 nitrogen and oxygen atoms in total. The first-order valence-electron chi connectivity index (χ1n) is 7.05. The van der Waals surface area contributed by atoms with Gasteiger partial charge in [0.25, 0.3) is 0 Å². The van der Waals surface area contributed by atoms with Gasteiger partial charge in [-0.1, -0.05) is 29.8 Å². The lowest BCUT2D eigenvalue weighted by molar-refractivity contribution is -0.126. The molecule has 0 aliphatic carbocycles. The maximum absolute atomic E-state index is 12.9. The normalized spacial score (nSPS) is 35.6. The number of carbonyl (C=O) groups is 2. The lowest BCUT2D eigenvalue weighted by atomic mass is 9.78. The molecule has 4 rings (SSSR count). The molecule has 3 heterocycles. The third kappa shape index (κ3) is 1.61. The molecule has 0 aromatic heterocycles. The Morgan fingerprint density at radius 2 is 2.14 bits per heavy atom. The molecule has 0 saturated carbocycles. The minimum Gasteiger partial charge on any atom is -0.362 e. The average Bonchev–Trinajstić information content (AvgIpc) is 3.10. The van der Waals surface area contributed by atoms with Crippen molar-refractivity contribution in [1.82, 2.24) is 0 Å². The number of nitrogens with zero attached hydrogens (tertiary/aromatic N) is 1. The van der Waals surface area contributed by atoms with E-state index in [9.17, 15) is 14.0 Å². The van der Waals surface area contributed by atoms with Gasteiger partial charge in [0.2, 0.25) is 11.8 Å². The highest BCUT2D eigenvalue weighted by Gasteiger charge is 2.66. The summed E-state index contributed by atoms with van der Waals surface area (Å²) in [6, 6.07) is 4.50. The molecule has 6 heteroatoms. The Balaban J connectivity index is 1.80. The van der Waals surface area contributed by atoms with E-state index in [1.165, 1.54) is 18.2 Å². The number of hydrogen-bond donors (Lipinski definition) is 0. The number of hydrogen-bond acceptors (Lipinski definition) is 3. The van der Waals surface area contributed by atoms with Gasteiger partial charge in [-0.2, -0.15) is 0 Å². The quantitative estimate of drug-likeness (QED) is 0.621. The summed E-state index contributed by atoms with van der Waals surface area (Å²) >= 11 is 6.13. The minimum atomic E-state index is -0.749. The number of halogens is 2. The van der Waals surface area contributed by atoms with Crippen molar-refractivity contribution < 1.29 is 18.7 Å². The van der Waals surface area contributed by atoms with Crippen LogP contribution >= 0.6 is 11.6 Å². The summed E-state index contributed by atoms with van der Waals surface area (Å²) in [5, 5.41) is 0.255. The van der Waals surface area contributed by atoms with E-state index in [2.05, 4.69) is 0 Å². The van der Waals surface area contributed by atoms with Crippen molar-refractivity contribution in [2.45, 2.75) is 25.3 Å². The molecular formula is C16H13ClFNO3. The van der Waals surface area contributed by atoms with Crippen LogP contribution in [0.3, 0.4) is 0 Å². The number of ether oxygens (including phenoxy) is 1. The smallest absolute Gasteiger partial charge is 0.241 e. The average molecular weight is 322 g/mol. The van der Waals surface area contributed by atoms with E-state index >= 15 is 0 Å². The van der Waals surface area contributed by atoms with Gasteiger partial charge in [0.1, 0.15) is 6.67 Å². The fraction of sp³-hybridized carbons (Fsp3) is 0.375. The van der Waals surface area contributed by atoms with E-state index in [1.807, 2.05) is 19.1 Å². The number of amides is 2. The Kier molecular flexibility index (Phi) is 2.78. The van der Waals surface area contributed by atoms with Gasteiger partial charge in [0, 0.05) is 0 Å².